The van der Waals surface area contributed by atoms with Gasteiger partial charge < -0.3 is 14.5 Å². The highest BCUT2D eigenvalue weighted by atomic mass is 16.6. The molecule has 1 aromatic carbocycles. The molecule has 3 aliphatic heterocycles. The van der Waals surface area contributed by atoms with Crippen LogP contribution in [0, 0.1) is 17.3 Å². The number of carbonyl (C=O) groups excluding carboxylic acids is 3. The van der Waals surface area contributed by atoms with E-state index in [1.165, 1.54) is 9.13 Å². The molecule has 2 aromatic heterocycles. The van der Waals surface area contributed by atoms with E-state index in [1.54, 1.807) is 42.5 Å². The van der Waals surface area contributed by atoms with Crippen LogP contribution in [0.15, 0.2) is 35.4 Å². The van der Waals surface area contributed by atoms with Crippen molar-refractivity contribution in [3.63, 3.8) is 0 Å². The van der Waals surface area contributed by atoms with Crippen LogP contribution in [-0.2, 0) is 21.4 Å². The number of ether oxygens (including phenoxy) is 1. The molecule has 0 saturated carbocycles. The SMILES string of the molecule is Cn1c(=O)n(C2CCC(=O)NC2=O)c2ccc(C#Cc3cnc(N4CC5(CN(C(=O)OC(C)(C)C)C5)C4)nc3)cc21. The topological polar surface area (TPSA) is 132 Å². The summed E-state index contributed by atoms with van der Waals surface area (Å²) >= 11 is 0. The van der Waals surface area contributed by atoms with Gasteiger partial charge in [-0.1, -0.05) is 11.8 Å². The number of imidazole rings is 1. The quantitative estimate of drug-likeness (QED) is 0.371. The molecule has 3 amide bonds. The highest BCUT2D eigenvalue weighted by Crippen LogP contribution is 2.41. The molecule has 3 fully saturated rings. The Balaban J connectivity index is 1.10. The van der Waals surface area contributed by atoms with Gasteiger partial charge in [0.1, 0.15) is 11.6 Å². The Morgan fingerprint density at radius 3 is 2.37 bits per heavy atom. The van der Waals surface area contributed by atoms with E-state index in [-0.39, 0.29) is 35.9 Å². The zero-order valence-electron chi connectivity index (χ0n) is 23.4. The number of carbonyl (C=O) groups is 3. The molecule has 5 heterocycles. The number of nitrogens with one attached hydrogen (secondary N) is 1. The first-order chi connectivity index (χ1) is 19.4. The zero-order valence-corrected chi connectivity index (χ0v) is 23.4. The molecule has 0 radical (unpaired) electrons. The summed E-state index contributed by atoms with van der Waals surface area (Å²) < 4.78 is 8.37. The summed E-state index contributed by atoms with van der Waals surface area (Å²) in [6, 6.07) is 4.64. The number of hydrogen-bond acceptors (Lipinski definition) is 8. The number of aromatic nitrogens is 4. The van der Waals surface area contributed by atoms with E-state index in [0.29, 0.717) is 41.2 Å². The highest BCUT2D eigenvalue weighted by molar-refractivity contribution is 6.00. The molecule has 1 unspecified atom stereocenters. The van der Waals surface area contributed by atoms with Crippen molar-refractivity contribution in [3.8, 4) is 11.8 Å². The summed E-state index contributed by atoms with van der Waals surface area (Å²) in [5.41, 5.74) is 1.86. The molecular formula is C29H31N7O5. The second-order valence-electron chi connectivity index (χ2n) is 12.1. The minimum absolute atomic E-state index is 0.0780. The third-order valence-corrected chi connectivity index (χ3v) is 7.64. The first-order valence-electron chi connectivity index (χ1n) is 13.5. The third-order valence-electron chi connectivity index (χ3n) is 7.64. The van der Waals surface area contributed by atoms with Crippen LogP contribution in [0.1, 0.15) is 50.8 Å². The summed E-state index contributed by atoms with van der Waals surface area (Å²) in [4.78, 5) is 61.9. The molecule has 12 heteroatoms. The zero-order chi connectivity index (χ0) is 29.1. The number of aryl methyl sites for hydroxylation is 1. The van der Waals surface area contributed by atoms with Gasteiger partial charge in [-0.2, -0.15) is 0 Å². The average Bonchev–Trinajstić information content (AvgIpc) is 3.10. The van der Waals surface area contributed by atoms with Gasteiger partial charge in [-0.25, -0.2) is 19.6 Å². The lowest BCUT2D eigenvalue weighted by molar-refractivity contribution is -0.135. The van der Waals surface area contributed by atoms with Crippen LogP contribution in [0.25, 0.3) is 11.0 Å². The summed E-state index contributed by atoms with van der Waals surface area (Å²) in [6.45, 7) is 8.51. The molecule has 41 heavy (non-hydrogen) atoms. The van der Waals surface area contributed by atoms with Crippen molar-refractivity contribution in [1.82, 2.24) is 29.3 Å². The molecule has 1 spiro atoms. The highest BCUT2D eigenvalue weighted by Gasteiger charge is 2.54. The smallest absolute Gasteiger partial charge is 0.410 e. The summed E-state index contributed by atoms with van der Waals surface area (Å²) in [5, 5.41) is 2.32. The van der Waals surface area contributed by atoms with Crippen LogP contribution in [0.4, 0.5) is 10.7 Å². The number of piperidine rings is 1. The summed E-state index contributed by atoms with van der Waals surface area (Å²) in [5.74, 6) is 6.01. The number of likely N-dealkylation sites (tertiary alicyclic amines) is 1. The van der Waals surface area contributed by atoms with Gasteiger partial charge in [0.15, 0.2) is 0 Å². The van der Waals surface area contributed by atoms with Crippen molar-refractivity contribution in [2.75, 3.05) is 31.1 Å². The Morgan fingerprint density at radius 1 is 1.02 bits per heavy atom. The van der Waals surface area contributed by atoms with Crippen molar-refractivity contribution in [3.05, 3.63) is 52.2 Å². The van der Waals surface area contributed by atoms with Gasteiger partial charge in [0, 0.05) is 63.0 Å². The van der Waals surface area contributed by atoms with Crippen molar-refractivity contribution in [2.45, 2.75) is 45.3 Å². The number of fused-ring (bicyclic) bond motifs is 1. The van der Waals surface area contributed by atoms with Crippen LogP contribution in [0.3, 0.4) is 0 Å². The second-order valence-corrected chi connectivity index (χ2v) is 12.1. The number of amides is 3. The lowest BCUT2D eigenvalue weighted by Crippen LogP contribution is -2.73. The van der Waals surface area contributed by atoms with Gasteiger partial charge in [-0.15, -0.1) is 0 Å². The molecule has 12 nitrogen and oxygen atoms in total. The number of anilines is 1. The molecule has 6 rings (SSSR count). The minimum Gasteiger partial charge on any atom is -0.444 e. The number of hydrogen-bond donors (Lipinski definition) is 1. The maximum absolute atomic E-state index is 13.0. The predicted octanol–water partition coefficient (Wildman–Crippen LogP) is 1.56. The average molecular weight is 558 g/mol. The van der Waals surface area contributed by atoms with Crippen LogP contribution < -0.4 is 15.9 Å². The Bertz CT molecular complexity index is 1690. The van der Waals surface area contributed by atoms with Crippen molar-refractivity contribution >= 4 is 34.9 Å². The summed E-state index contributed by atoms with van der Waals surface area (Å²) in [7, 11) is 1.65. The van der Waals surface area contributed by atoms with E-state index in [9.17, 15) is 19.2 Å². The van der Waals surface area contributed by atoms with Gasteiger partial charge in [0.25, 0.3) is 0 Å². The minimum atomic E-state index is -0.731. The summed E-state index contributed by atoms with van der Waals surface area (Å²) in [6.07, 6.45) is 3.57. The first-order valence-corrected chi connectivity index (χ1v) is 13.5. The molecule has 3 aromatic rings. The molecular weight excluding hydrogens is 526 g/mol. The Hall–Kier alpha value is -4.66. The molecule has 1 atom stereocenters. The van der Waals surface area contributed by atoms with Crippen LogP contribution >= 0.6 is 0 Å². The third kappa shape index (κ3) is 4.92. The Kier molecular flexibility index (Phi) is 6.13. The second kappa shape index (κ2) is 9.47. The van der Waals surface area contributed by atoms with Gasteiger partial charge in [0.05, 0.1) is 16.6 Å². The largest absolute Gasteiger partial charge is 0.444 e. The number of imide groups is 1. The fourth-order valence-electron chi connectivity index (χ4n) is 5.69. The van der Waals surface area contributed by atoms with E-state index in [4.69, 9.17) is 4.74 Å². The van der Waals surface area contributed by atoms with Crippen molar-refractivity contribution < 1.29 is 19.1 Å². The van der Waals surface area contributed by atoms with E-state index >= 15 is 0 Å². The fraction of sp³-hybridized carbons (Fsp3) is 0.448. The van der Waals surface area contributed by atoms with Gasteiger partial charge in [0.2, 0.25) is 17.8 Å². The van der Waals surface area contributed by atoms with Gasteiger partial charge in [-0.3, -0.25) is 24.0 Å². The molecule has 3 aliphatic rings. The van der Waals surface area contributed by atoms with Crippen LogP contribution in [0.5, 0.6) is 0 Å². The maximum Gasteiger partial charge on any atom is 0.410 e. The predicted molar refractivity (Wildman–Crippen MR) is 149 cm³/mol. The van der Waals surface area contributed by atoms with Gasteiger partial charge >= 0.3 is 11.8 Å². The van der Waals surface area contributed by atoms with Crippen LogP contribution in [0.2, 0.25) is 0 Å². The molecule has 1 N–H and O–H groups in total. The molecule has 212 valence electrons. The number of rotatable bonds is 2. The molecule has 3 saturated heterocycles. The first kappa shape index (κ1) is 26.6. The van der Waals surface area contributed by atoms with E-state index in [0.717, 1.165) is 13.1 Å². The normalized spacial score (nSPS) is 19.8. The van der Waals surface area contributed by atoms with Crippen molar-refractivity contribution in [1.29, 1.82) is 0 Å². The maximum atomic E-state index is 13.0. The lowest BCUT2D eigenvalue weighted by Gasteiger charge is -2.59. The Labute approximate surface area is 236 Å². The monoisotopic (exact) mass is 557 g/mol. The molecule has 0 aliphatic carbocycles. The standard InChI is InChI=1S/C29H31N7O5/c1-28(2,3)41-27(40)35-16-29(17-35)14-34(15-29)25-30-12-19(13-31-25)6-5-18-7-8-20-22(11-18)33(4)26(39)36(20)21-9-10-23(37)32-24(21)38/h7-8,11-13,21H,9-10,14-17H2,1-4H3,(H,32,37,38). The number of nitrogens with zero attached hydrogens (tertiary/aromatic N) is 6. The number of benzene rings is 1. The van der Waals surface area contributed by atoms with Gasteiger partial charge in [-0.05, 0) is 45.4 Å². The van der Waals surface area contributed by atoms with Crippen LogP contribution in [-0.4, -0.2) is 73.7 Å². The van der Waals surface area contributed by atoms with E-state index in [2.05, 4.69) is 32.0 Å². The Morgan fingerprint density at radius 2 is 1.71 bits per heavy atom. The lowest BCUT2D eigenvalue weighted by atomic mass is 9.73. The van der Waals surface area contributed by atoms with E-state index in [1.807, 2.05) is 20.8 Å². The van der Waals surface area contributed by atoms with Crippen molar-refractivity contribution in [2.24, 2.45) is 12.5 Å². The van der Waals surface area contributed by atoms with E-state index < -0.39 is 17.6 Å². The molecule has 0 bridgehead atoms. The fourth-order valence-corrected chi connectivity index (χ4v) is 5.69.